The van der Waals surface area contributed by atoms with Crippen LogP contribution in [0.3, 0.4) is 0 Å². The number of carbonyl (C=O) groups is 1. The molecule has 0 saturated carbocycles. The molecule has 88 valence electrons. The monoisotopic (exact) mass is 243 g/mol. The van der Waals surface area contributed by atoms with Crippen LogP contribution in [-0.4, -0.2) is 42.3 Å². The third-order valence-electron chi connectivity index (χ3n) is 1.88. The number of carboxylic acid groups (broad SMARTS) is 1. The van der Waals surface area contributed by atoms with Crippen LogP contribution in [0, 0.1) is 0 Å². The van der Waals surface area contributed by atoms with Crippen molar-refractivity contribution in [2.45, 2.75) is 11.3 Å². The molecule has 1 rings (SSSR count). The standard InChI is InChI=1S/C10H13NO4S/c1-14-9(15-2)6-16-8-4-3-7(5-11-8)10(12)13/h3-5,9H,6H2,1-2H3,(H,12,13). The third-order valence-corrected chi connectivity index (χ3v) is 2.85. The maximum absolute atomic E-state index is 10.6. The van der Waals surface area contributed by atoms with Crippen LogP contribution in [-0.2, 0) is 9.47 Å². The van der Waals surface area contributed by atoms with Crippen LogP contribution >= 0.6 is 11.8 Å². The van der Waals surface area contributed by atoms with Crippen molar-refractivity contribution in [3.05, 3.63) is 23.9 Å². The highest BCUT2D eigenvalue weighted by Gasteiger charge is 2.07. The zero-order valence-electron chi connectivity index (χ0n) is 9.04. The number of hydrogen-bond donors (Lipinski definition) is 1. The van der Waals surface area contributed by atoms with Gasteiger partial charge in [0.15, 0.2) is 6.29 Å². The van der Waals surface area contributed by atoms with Crippen molar-refractivity contribution >= 4 is 17.7 Å². The van der Waals surface area contributed by atoms with Crippen LogP contribution in [0.5, 0.6) is 0 Å². The number of thioether (sulfide) groups is 1. The molecule has 0 bridgehead atoms. The number of nitrogens with zero attached hydrogens (tertiary/aromatic N) is 1. The van der Waals surface area contributed by atoms with Gasteiger partial charge in [-0.25, -0.2) is 9.78 Å². The number of aromatic nitrogens is 1. The van der Waals surface area contributed by atoms with Gasteiger partial charge in [0.05, 0.1) is 16.3 Å². The molecule has 0 atom stereocenters. The van der Waals surface area contributed by atoms with Crippen LogP contribution in [0.1, 0.15) is 10.4 Å². The van der Waals surface area contributed by atoms with Crippen molar-refractivity contribution in [1.82, 2.24) is 4.98 Å². The summed E-state index contributed by atoms with van der Waals surface area (Å²) in [6, 6.07) is 3.18. The molecule has 0 saturated heterocycles. The lowest BCUT2D eigenvalue weighted by Gasteiger charge is -2.11. The number of ether oxygens (including phenoxy) is 2. The van der Waals surface area contributed by atoms with Crippen molar-refractivity contribution in [2.75, 3.05) is 20.0 Å². The SMILES string of the molecule is COC(CSc1ccc(C(=O)O)cn1)OC. The van der Waals surface area contributed by atoms with E-state index in [1.165, 1.54) is 24.0 Å². The van der Waals surface area contributed by atoms with E-state index in [-0.39, 0.29) is 11.9 Å². The summed E-state index contributed by atoms with van der Waals surface area (Å²) in [4.78, 5) is 14.6. The quantitative estimate of drug-likeness (QED) is 0.603. The average molecular weight is 243 g/mol. The summed E-state index contributed by atoms with van der Waals surface area (Å²) in [6.07, 6.45) is 1.05. The lowest BCUT2D eigenvalue weighted by atomic mass is 10.3. The lowest BCUT2D eigenvalue weighted by Crippen LogP contribution is -2.15. The van der Waals surface area contributed by atoms with E-state index in [1.807, 2.05) is 0 Å². The van der Waals surface area contributed by atoms with E-state index in [1.54, 1.807) is 20.3 Å². The first kappa shape index (κ1) is 13.0. The van der Waals surface area contributed by atoms with Gasteiger partial charge in [0, 0.05) is 20.4 Å². The van der Waals surface area contributed by atoms with Crippen molar-refractivity contribution in [1.29, 1.82) is 0 Å². The smallest absolute Gasteiger partial charge is 0.337 e. The largest absolute Gasteiger partial charge is 0.478 e. The number of pyridine rings is 1. The fourth-order valence-electron chi connectivity index (χ4n) is 0.978. The van der Waals surface area contributed by atoms with Gasteiger partial charge in [0.1, 0.15) is 0 Å². The van der Waals surface area contributed by atoms with Gasteiger partial charge in [-0.2, -0.15) is 0 Å². The summed E-state index contributed by atoms with van der Waals surface area (Å²) in [7, 11) is 3.13. The topological polar surface area (TPSA) is 68.7 Å². The second-order valence-electron chi connectivity index (χ2n) is 2.90. The first-order valence-electron chi connectivity index (χ1n) is 4.55. The Kier molecular flexibility index (Phi) is 5.24. The molecule has 0 aromatic carbocycles. The summed E-state index contributed by atoms with van der Waals surface area (Å²) < 4.78 is 10.0. The fourth-order valence-corrected chi connectivity index (χ4v) is 1.85. The Morgan fingerprint density at radius 2 is 2.19 bits per heavy atom. The van der Waals surface area contributed by atoms with Gasteiger partial charge in [0.2, 0.25) is 0 Å². The minimum atomic E-state index is -0.976. The molecule has 1 aromatic rings. The van der Waals surface area contributed by atoms with Crippen molar-refractivity contribution < 1.29 is 19.4 Å². The zero-order valence-corrected chi connectivity index (χ0v) is 9.86. The van der Waals surface area contributed by atoms with Crippen molar-refractivity contribution in [3.63, 3.8) is 0 Å². The maximum atomic E-state index is 10.6. The molecule has 0 spiro atoms. The Bertz CT molecular complexity index is 337. The van der Waals surface area contributed by atoms with Crippen LogP contribution in [0.2, 0.25) is 0 Å². The van der Waals surface area contributed by atoms with Gasteiger partial charge < -0.3 is 14.6 Å². The Balaban J connectivity index is 2.52. The van der Waals surface area contributed by atoms with Crippen LogP contribution in [0.25, 0.3) is 0 Å². The highest BCUT2D eigenvalue weighted by Crippen LogP contribution is 2.17. The zero-order chi connectivity index (χ0) is 12.0. The Morgan fingerprint density at radius 1 is 1.50 bits per heavy atom. The van der Waals surface area contributed by atoms with E-state index in [9.17, 15) is 4.79 Å². The summed E-state index contributed by atoms with van der Waals surface area (Å²) in [5.41, 5.74) is 0.180. The molecule has 0 unspecified atom stereocenters. The highest BCUT2D eigenvalue weighted by atomic mass is 32.2. The first-order valence-corrected chi connectivity index (χ1v) is 5.53. The molecular formula is C10H13NO4S. The van der Waals surface area contributed by atoms with E-state index >= 15 is 0 Å². The van der Waals surface area contributed by atoms with Crippen molar-refractivity contribution in [2.24, 2.45) is 0 Å². The summed E-state index contributed by atoms with van der Waals surface area (Å²) in [6.45, 7) is 0. The Hall–Kier alpha value is -1.11. The van der Waals surface area contributed by atoms with Gasteiger partial charge in [-0.3, -0.25) is 0 Å². The molecule has 0 aliphatic rings. The predicted molar refractivity (Wildman–Crippen MR) is 59.7 cm³/mol. The molecule has 0 aliphatic heterocycles. The second kappa shape index (κ2) is 6.47. The number of methoxy groups -OCH3 is 2. The molecule has 0 aliphatic carbocycles. The number of hydrogen-bond acceptors (Lipinski definition) is 5. The molecule has 0 amide bonds. The van der Waals surface area contributed by atoms with Gasteiger partial charge >= 0.3 is 5.97 Å². The molecule has 0 fully saturated rings. The van der Waals surface area contributed by atoms with Gasteiger partial charge in [-0.1, -0.05) is 0 Å². The summed E-state index contributed by atoms with van der Waals surface area (Å²) in [5.74, 6) is -0.373. The minimum Gasteiger partial charge on any atom is -0.478 e. The first-order chi connectivity index (χ1) is 7.67. The predicted octanol–water partition coefficient (Wildman–Crippen LogP) is 1.49. The molecule has 5 nitrogen and oxygen atoms in total. The molecule has 1 aromatic heterocycles. The maximum Gasteiger partial charge on any atom is 0.337 e. The van der Waals surface area contributed by atoms with E-state index < -0.39 is 5.97 Å². The van der Waals surface area contributed by atoms with E-state index in [4.69, 9.17) is 14.6 Å². The van der Waals surface area contributed by atoms with Gasteiger partial charge in [0.25, 0.3) is 0 Å². The molecular weight excluding hydrogens is 230 g/mol. The Morgan fingerprint density at radius 3 is 2.62 bits per heavy atom. The van der Waals surface area contributed by atoms with Gasteiger partial charge in [-0.15, -0.1) is 11.8 Å². The number of aromatic carboxylic acids is 1. The van der Waals surface area contributed by atoms with E-state index in [0.29, 0.717) is 5.75 Å². The lowest BCUT2D eigenvalue weighted by molar-refractivity contribution is -0.0842. The van der Waals surface area contributed by atoms with Crippen molar-refractivity contribution in [3.8, 4) is 0 Å². The number of rotatable bonds is 6. The average Bonchev–Trinajstić information content (AvgIpc) is 2.31. The second-order valence-corrected chi connectivity index (χ2v) is 3.94. The molecule has 0 radical (unpaired) electrons. The number of carboxylic acids is 1. The van der Waals surface area contributed by atoms with Gasteiger partial charge in [-0.05, 0) is 12.1 Å². The minimum absolute atomic E-state index is 0.180. The highest BCUT2D eigenvalue weighted by molar-refractivity contribution is 7.99. The van der Waals surface area contributed by atoms with Crippen LogP contribution in [0.15, 0.2) is 23.4 Å². The van der Waals surface area contributed by atoms with Crippen LogP contribution in [0.4, 0.5) is 0 Å². The van der Waals surface area contributed by atoms with E-state index in [2.05, 4.69) is 4.98 Å². The molecule has 1 N–H and O–H groups in total. The summed E-state index contributed by atoms with van der Waals surface area (Å²) in [5, 5.41) is 9.42. The molecule has 16 heavy (non-hydrogen) atoms. The van der Waals surface area contributed by atoms with E-state index in [0.717, 1.165) is 5.03 Å². The molecule has 6 heteroatoms. The third kappa shape index (κ3) is 3.80. The fraction of sp³-hybridized carbons (Fsp3) is 0.400. The Labute approximate surface area is 97.8 Å². The molecule has 1 heterocycles. The normalized spacial score (nSPS) is 10.7. The van der Waals surface area contributed by atoms with Crippen LogP contribution < -0.4 is 0 Å². The summed E-state index contributed by atoms with van der Waals surface area (Å²) >= 11 is 1.44.